The molecule has 0 aromatic heterocycles. The van der Waals surface area contributed by atoms with Crippen molar-refractivity contribution in [3.63, 3.8) is 0 Å². The van der Waals surface area contributed by atoms with E-state index in [0.29, 0.717) is 23.3 Å². The summed E-state index contributed by atoms with van der Waals surface area (Å²) < 4.78 is 93.7. The first kappa shape index (κ1) is 33.8. The first-order valence-corrected chi connectivity index (χ1v) is 12.9. The fourth-order valence-electron chi connectivity index (χ4n) is 4.75. The third kappa shape index (κ3) is 6.51. The van der Waals surface area contributed by atoms with E-state index in [0.717, 1.165) is 0 Å². The molecule has 16 heteroatoms. The van der Waals surface area contributed by atoms with E-state index in [1.54, 1.807) is 24.3 Å². The molecule has 0 heterocycles. The van der Waals surface area contributed by atoms with Crippen molar-refractivity contribution in [3.8, 4) is 11.5 Å². The van der Waals surface area contributed by atoms with E-state index in [4.69, 9.17) is 10.5 Å². The van der Waals surface area contributed by atoms with Gasteiger partial charge < -0.3 is 31.1 Å². The van der Waals surface area contributed by atoms with Gasteiger partial charge in [-0.05, 0) is 83.9 Å². The van der Waals surface area contributed by atoms with Crippen molar-refractivity contribution in [2.24, 2.45) is 0 Å². The highest BCUT2D eigenvalue weighted by Gasteiger charge is 2.72. The maximum absolute atomic E-state index is 14.7. The second-order valence-electron chi connectivity index (χ2n) is 9.83. The van der Waals surface area contributed by atoms with Gasteiger partial charge in [-0.2, -0.15) is 26.3 Å². The largest absolute Gasteiger partial charge is 0.478 e. The van der Waals surface area contributed by atoms with Crippen LogP contribution >= 0.6 is 0 Å². The SMILES string of the molecule is Nc1ccc(Oc2ccc(NC(=O)c3ccc(C(c4ccc(C(=O)O)c(C(=O)O)c4)(C(F)(F)F)C(F)(F)F)cc3C(=O)O)cc2)cc1. The van der Waals surface area contributed by atoms with Crippen LogP contribution in [0.25, 0.3) is 0 Å². The molecule has 1 amide bonds. The second-order valence-corrected chi connectivity index (χ2v) is 9.83. The molecular weight excluding hydrogens is 642 g/mol. The molecule has 0 saturated carbocycles. The van der Waals surface area contributed by atoms with E-state index in [1.165, 1.54) is 24.3 Å². The highest BCUT2D eigenvalue weighted by Crippen LogP contribution is 2.56. The number of anilines is 2. The molecule has 0 saturated heterocycles. The van der Waals surface area contributed by atoms with E-state index in [1.807, 2.05) is 0 Å². The van der Waals surface area contributed by atoms with Crippen LogP contribution in [-0.4, -0.2) is 51.5 Å². The standard InChI is InChI=1S/C31H20F6N2O8/c32-30(33,34)29(31(35,36)37,16-2-12-22(26(41)42)24(14-16)28(45)46)15-1-11-21(23(13-15)27(43)44)25(40)39-18-5-9-20(10-6-18)47-19-7-3-17(38)4-8-19/h1-14H,38H2,(H,39,40)(H,41,42)(H,43,44)(H,45,46). The van der Waals surface area contributed by atoms with Gasteiger partial charge >= 0.3 is 30.3 Å². The van der Waals surface area contributed by atoms with Crippen molar-refractivity contribution >= 4 is 35.2 Å². The van der Waals surface area contributed by atoms with Crippen molar-refractivity contribution in [1.29, 1.82) is 0 Å². The number of carbonyl (C=O) groups is 4. The Balaban J connectivity index is 1.78. The Hall–Kier alpha value is -6.06. The van der Waals surface area contributed by atoms with Crippen molar-refractivity contribution in [3.05, 3.63) is 118 Å². The fourth-order valence-corrected chi connectivity index (χ4v) is 4.75. The molecule has 244 valence electrons. The number of nitrogens with one attached hydrogen (secondary N) is 1. The second kappa shape index (κ2) is 12.4. The molecule has 0 radical (unpaired) electrons. The molecule has 4 aromatic carbocycles. The molecule has 0 spiro atoms. The van der Waals surface area contributed by atoms with Gasteiger partial charge in [0.25, 0.3) is 5.91 Å². The number of carboxylic acid groups (broad SMARTS) is 3. The number of amides is 1. The lowest BCUT2D eigenvalue weighted by atomic mass is 9.71. The summed E-state index contributed by atoms with van der Waals surface area (Å²) in [6.45, 7) is 0. The third-order valence-electron chi connectivity index (χ3n) is 6.92. The average molecular weight is 662 g/mol. The average Bonchev–Trinajstić information content (AvgIpc) is 2.98. The molecule has 47 heavy (non-hydrogen) atoms. The Bertz CT molecular complexity index is 1860. The quantitative estimate of drug-likeness (QED) is 0.0951. The summed E-state index contributed by atoms with van der Waals surface area (Å²) in [6, 6.07) is 12.8. The number of carboxylic acids is 3. The third-order valence-corrected chi connectivity index (χ3v) is 6.92. The molecule has 0 bridgehead atoms. The van der Waals surface area contributed by atoms with Gasteiger partial charge in [0.2, 0.25) is 5.41 Å². The predicted octanol–water partition coefficient (Wildman–Crippen LogP) is 6.82. The molecule has 10 nitrogen and oxygen atoms in total. The molecule has 4 rings (SSSR count). The van der Waals surface area contributed by atoms with E-state index in [9.17, 15) is 60.8 Å². The van der Waals surface area contributed by atoms with E-state index in [-0.39, 0.29) is 36.0 Å². The van der Waals surface area contributed by atoms with Crippen molar-refractivity contribution in [2.75, 3.05) is 11.1 Å². The summed E-state index contributed by atoms with van der Waals surface area (Å²) in [4.78, 5) is 48.1. The van der Waals surface area contributed by atoms with Crippen LogP contribution in [0.4, 0.5) is 37.7 Å². The molecule has 6 N–H and O–H groups in total. The summed E-state index contributed by atoms with van der Waals surface area (Å²) in [5.74, 6) is -6.61. The minimum absolute atomic E-state index is 0.00727. The Morgan fingerprint density at radius 3 is 1.40 bits per heavy atom. The number of benzene rings is 4. The summed E-state index contributed by atoms with van der Waals surface area (Å²) in [5.41, 5.74) is -6.91. The lowest BCUT2D eigenvalue weighted by Gasteiger charge is -2.38. The van der Waals surface area contributed by atoms with Gasteiger partial charge in [-0.15, -0.1) is 0 Å². The van der Waals surface area contributed by atoms with Crippen LogP contribution in [0.5, 0.6) is 11.5 Å². The molecule has 4 aromatic rings. The van der Waals surface area contributed by atoms with Gasteiger partial charge in [0.05, 0.1) is 22.3 Å². The number of ether oxygens (including phenoxy) is 1. The van der Waals surface area contributed by atoms with E-state index in [2.05, 4.69) is 5.32 Å². The smallest absolute Gasteiger partial charge is 0.411 e. The van der Waals surface area contributed by atoms with Gasteiger partial charge in [0.15, 0.2) is 0 Å². The fraction of sp³-hybridized carbons (Fsp3) is 0.0968. The maximum Gasteiger partial charge on any atom is 0.411 e. The van der Waals surface area contributed by atoms with Gasteiger partial charge in [-0.1, -0.05) is 12.1 Å². The first-order valence-electron chi connectivity index (χ1n) is 12.9. The highest BCUT2D eigenvalue weighted by molar-refractivity contribution is 6.11. The van der Waals surface area contributed by atoms with E-state index >= 15 is 0 Å². The van der Waals surface area contributed by atoms with Crippen LogP contribution in [0.3, 0.4) is 0 Å². The van der Waals surface area contributed by atoms with Crippen LogP contribution in [0.1, 0.15) is 52.6 Å². The number of nitrogen functional groups attached to an aromatic ring is 1. The number of nitrogens with two attached hydrogens (primary N) is 1. The number of carbonyl (C=O) groups excluding carboxylic acids is 1. The van der Waals surface area contributed by atoms with Crippen LogP contribution in [0.2, 0.25) is 0 Å². The lowest BCUT2D eigenvalue weighted by Crippen LogP contribution is -2.55. The van der Waals surface area contributed by atoms with Crippen LogP contribution in [0, 0.1) is 0 Å². The predicted molar refractivity (Wildman–Crippen MR) is 152 cm³/mol. The zero-order valence-electron chi connectivity index (χ0n) is 23.3. The molecule has 0 atom stereocenters. The van der Waals surface area contributed by atoms with Gasteiger partial charge in [0.1, 0.15) is 11.5 Å². The summed E-state index contributed by atoms with van der Waals surface area (Å²) in [6.07, 6.45) is -12.6. The zero-order chi connectivity index (χ0) is 34.9. The van der Waals surface area contributed by atoms with Crippen LogP contribution in [0.15, 0.2) is 84.9 Å². The lowest BCUT2D eigenvalue weighted by molar-refractivity contribution is -0.288. The summed E-state index contributed by atoms with van der Waals surface area (Å²) in [5, 5.41) is 30.6. The molecule has 0 aliphatic rings. The number of aromatic carboxylic acids is 3. The Kier molecular flexibility index (Phi) is 8.91. The summed E-state index contributed by atoms with van der Waals surface area (Å²) >= 11 is 0. The Morgan fingerprint density at radius 1 is 0.574 bits per heavy atom. The molecule has 0 aliphatic carbocycles. The Labute approximate surface area is 259 Å². The highest BCUT2D eigenvalue weighted by atomic mass is 19.4. The van der Waals surface area contributed by atoms with Crippen LogP contribution < -0.4 is 15.8 Å². The van der Waals surface area contributed by atoms with Crippen molar-refractivity contribution < 1.29 is 65.6 Å². The number of halogens is 6. The molecular formula is C31H20F6N2O8. The summed E-state index contributed by atoms with van der Waals surface area (Å²) in [7, 11) is 0. The molecule has 0 aliphatic heterocycles. The van der Waals surface area contributed by atoms with Gasteiger partial charge in [-0.3, -0.25) is 4.79 Å². The van der Waals surface area contributed by atoms with Gasteiger partial charge in [-0.25, -0.2) is 14.4 Å². The number of hydrogen-bond acceptors (Lipinski definition) is 6. The molecule has 0 fully saturated rings. The maximum atomic E-state index is 14.7. The first-order chi connectivity index (χ1) is 21.9. The number of rotatable bonds is 9. The number of alkyl halides is 6. The van der Waals surface area contributed by atoms with Crippen molar-refractivity contribution in [2.45, 2.75) is 17.8 Å². The number of hydrogen-bond donors (Lipinski definition) is 5. The Morgan fingerprint density at radius 2 is 0.979 bits per heavy atom. The minimum Gasteiger partial charge on any atom is -0.478 e. The topological polar surface area (TPSA) is 176 Å². The minimum atomic E-state index is -6.29. The monoisotopic (exact) mass is 662 g/mol. The normalized spacial score (nSPS) is 11.9. The zero-order valence-corrected chi connectivity index (χ0v) is 23.3. The van der Waals surface area contributed by atoms with Crippen LogP contribution in [-0.2, 0) is 5.41 Å². The van der Waals surface area contributed by atoms with Gasteiger partial charge in [0, 0.05) is 11.4 Å². The van der Waals surface area contributed by atoms with E-state index < -0.39 is 75.0 Å². The van der Waals surface area contributed by atoms with Crippen molar-refractivity contribution in [1.82, 2.24) is 0 Å². The molecule has 0 unspecified atom stereocenters.